The first kappa shape index (κ1) is 16.4. The number of nitrogens with one attached hydrogen (secondary N) is 1. The van der Waals surface area contributed by atoms with Gasteiger partial charge in [0, 0.05) is 31.1 Å². The smallest absolute Gasteiger partial charge is 0.230 e. The number of nitrogens with zero attached hydrogens (tertiary/aromatic N) is 3. The summed E-state index contributed by atoms with van der Waals surface area (Å²) >= 11 is 1.73. The Labute approximate surface area is 131 Å². The van der Waals surface area contributed by atoms with E-state index in [0.717, 1.165) is 24.5 Å². The van der Waals surface area contributed by atoms with Crippen molar-refractivity contribution in [2.45, 2.75) is 33.2 Å². The Kier molecular flexibility index (Phi) is 6.57. The van der Waals surface area contributed by atoms with Crippen molar-refractivity contribution in [1.82, 2.24) is 19.8 Å². The Hall–Kier alpha value is -1.01. The number of amides is 1. The number of likely N-dealkylation sites (tertiary alicyclic amines) is 1. The fourth-order valence-corrected chi connectivity index (χ4v) is 3.32. The first-order valence-electron chi connectivity index (χ1n) is 7.72. The molecule has 2 rings (SSSR count). The van der Waals surface area contributed by atoms with Crippen LogP contribution in [0.15, 0.2) is 6.33 Å². The van der Waals surface area contributed by atoms with Crippen LogP contribution in [0.1, 0.15) is 24.2 Å². The SMILES string of the molecule is Cc1ncn(CCNC(=O)CSCCN2CCCC2)c1C. The van der Waals surface area contributed by atoms with Crippen molar-refractivity contribution in [3.63, 3.8) is 0 Å². The number of imidazole rings is 1. The maximum absolute atomic E-state index is 11.7. The van der Waals surface area contributed by atoms with Crippen LogP contribution in [0.3, 0.4) is 0 Å². The molecule has 21 heavy (non-hydrogen) atoms. The number of carbonyl (C=O) groups excluding carboxylic acids is 1. The largest absolute Gasteiger partial charge is 0.354 e. The molecule has 0 radical (unpaired) electrons. The van der Waals surface area contributed by atoms with Gasteiger partial charge in [0.2, 0.25) is 5.91 Å². The van der Waals surface area contributed by atoms with Crippen LogP contribution in [-0.2, 0) is 11.3 Å². The van der Waals surface area contributed by atoms with Gasteiger partial charge in [-0.15, -0.1) is 0 Å². The molecule has 0 aromatic carbocycles. The van der Waals surface area contributed by atoms with Crippen molar-refractivity contribution in [2.75, 3.05) is 37.7 Å². The van der Waals surface area contributed by atoms with E-state index < -0.39 is 0 Å². The van der Waals surface area contributed by atoms with Gasteiger partial charge in [-0.25, -0.2) is 4.98 Å². The third kappa shape index (κ3) is 5.36. The molecule has 1 fully saturated rings. The predicted octanol–water partition coefficient (Wildman–Crippen LogP) is 1.45. The summed E-state index contributed by atoms with van der Waals surface area (Å²) in [4.78, 5) is 18.5. The molecule has 1 saturated heterocycles. The maximum Gasteiger partial charge on any atom is 0.230 e. The lowest BCUT2D eigenvalue weighted by molar-refractivity contribution is -0.118. The van der Waals surface area contributed by atoms with Crippen molar-refractivity contribution >= 4 is 17.7 Å². The molecule has 1 aliphatic rings. The highest BCUT2D eigenvalue weighted by Crippen LogP contribution is 2.09. The van der Waals surface area contributed by atoms with Gasteiger partial charge in [0.15, 0.2) is 0 Å². The number of aromatic nitrogens is 2. The van der Waals surface area contributed by atoms with Crippen LogP contribution in [0, 0.1) is 13.8 Å². The summed E-state index contributed by atoms with van der Waals surface area (Å²) in [6.45, 7) is 9.09. The van der Waals surface area contributed by atoms with Crippen LogP contribution in [0.4, 0.5) is 0 Å². The average Bonchev–Trinajstić information content (AvgIpc) is 3.09. The summed E-state index contributed by atoms with van der Waals surface area (Å²) < 4.78 is 2.08. The van der Waals surface area contributed by atoms with Crippen LogP contribution in [0.25, 0.3) is 0 Å². The fraction of sp³-hybridized carbons (Fsp3) is 0.733. The molecule has 2 heterocycles. The number of thioether (sulfide) groups is 1. The number of rotatable bonds is 8. The zero-order valence-corrected chi connectivity index (χ0v) is 13.9. The number of carbonyl (C=O) groups is 1. The average molecular weight is 310 g/mol. The second kappa shape index (κ2) is 8.44. The van der Waals surface area contributed by atoms with Gasteiger partial charge in [-0.05, 0) is 39.8 Å². The van der Waals surface area contributed by atoms with E-state index in [-0.39, 0.29) is 5.91 Å². The first-order valence-corrected chi connectivity index (χ1v) is 8.87. The summed E-state index contributed by atoms with van der Waals surface area (Å²) in [5.41, 5.74) is 2.23. The van der Waals surface area contributed by atoms with Crippen LogP contribution in [0.2, 0.25) is 0 Å². The minimum Gasteiger partial charge on any atom is -0.354 e. The summed E-state index contributed by atoms with van der Waals surface area (Å²) in [6.07, 6.45) is 4.50. The molecule has 118 valence electrons. The predicted molar refractivity (Wildman–Crippen MR) is 87.7 cm³/mol. The summed E-state index contributed by atoms with van der Waals surface area (Å²) in [5.74, 6) is 1.75. The first-order chi connectivity index (χ1) is 10.2. The van der Waals surface area contributed by atoms with Gasteiger partial charge < -0.3 is 14.8 Å². The number of hydrogen-bond donors (Lipinski definition) is 1. The summed E-state index contributed by atoms with van der Waals surface area (Å²) in [7, 11) is 0. The van der Waals surface area contributed by atoms with E-state index in [4.69, 9.17) is 0 Å². The van der Waals surface area contributed by atoms with Gasteiger partial charge in [0.05, 0.1) is 17.8 Å². The molecule has 1 amide bonds. The number of hydrogen-bond acceptors (Lipinski definition) is 4. The lowest BCUT2D eigenvalue weighted by Gasteiger charge is -2.13. The van der Waals surface area contributed by atoms with Crippen molar-refractivity contribution in [2.24, 2.45) is 0 Å². The van der Waals surface area contributed by atoms with Gasteiger partial charge >= 0.3 is 0 Å². The zero-order chi connectivity index (χ0) is 15.1. The van der Waals surface area contributed by atoms with Crippen LogP contribution >= 0.6 is 11.8 Å². The third-order valence-corrected chi connectivity index (χ3v) is 4.94. The van der Waals surface area contributed by atoms with E-state index in [1.54, 1.807) is 11.8 Å². The van der Waals surface area contributed by atoms with Crippen LogP contribution < -0.4 is 5.32 Å². The minimum absolute atomic E-state index is 0.135. The van der Waals surface area contributed by atoms with Crippen LogP contribution in [-0.4, -0.2) is 58.0 Å². The second-order valence-electron chi connectivity index (χ2n) is 5.56. The van der Waals surface area contributed by atoms with E-state index in [0.29, 0.717) is 12.3 Å². The van der Waals surface area contributed by atoms with E-state index in [1.165, 1.54) is 31.6 Å². The highest BCUT2D eigenvalue weighted by Gasteiger charge is 2.10. The van der Waals surface area contributed by atoms with Gasteiger partial charge in [0.25, 0.3) is 0 Å². The Balaban J connectivity index is 1.52. The standard InChI is InChI=1S/C15H26N4OS/c1-13-14(2)19(12-17-13)8-5-16-15(20)11-21-10-9-18-6-3-4-7-18/h12H,3-11H2,1-2H3,(H,16,20). The van der Waals surface area contributed by atoms with Crippen molar-refractivity contribution in [3.05, 3.63) is 17.7 Å². The fourth-order valence-electron chi connectivity index (χ4n) is 2.50. The summed E-state index contributed by atoms with van der Waals surface area (Å²) in [6, 6.07) is 0. The number of aryl methyl sites for hydroxylation is 1. The van der Waals surface area contributed by atoms with Gasteiger partial charge in [-0.3, -0.25) is 4.79 Å². The van der Waals surface area contributed by atoms with E-state index in [1.807, 2.05) is 13.3 Å². The van der Waals surface area contributed by atoms with Gasteiger partial charge in [0.1, 0.15) is 0 Å². The maximum atomic E-state index is 11.7. The van der Waals surface area contributed by atoms with Crippen LogP contribution in [0.5, 0.6) is 0 Å². The zero-order valence-electron chi connectivity index (χ0n) is 13.1. The monoisotopic (exact) mass is 310 g/mol. The molecule has 6 heteroatoms. The highest BCUT2D eigenvalue weighted by molar-refractivity contribution is 7.99. The second-order valence-corrected chi connectivity index (χ2v) is 6.67. The molecule has 0 atom stereocenters. The minimum atomic E-state index is 0.135. The van der Waals surface area contributed by atoms with Crippen molar-refractivity contribution < 1.29 is 4.79 Å². The molecular formula is C15H26N4OS. The van der Waals surface area contributed by atoms with E-state index in [9.17, 15) is 4.79 Å². The molecular weight excluding hydrogens is 284 g/mol. The highest BCUT2D eigenvalue weighted by atomic mass is 32.2. The Morgan fingerprint density at radius 2 is 2.10 bits per heavy atom. The van der Waals surface area contributed by atoms with Gasteiger partial charge in [-0.1, -0.05) is 0 Å². The lowest BCUT2D eigenvalue weighted by Crippen LogP contribution is -2.29. The normalized spacial score (nSPS) is 15.5. The molecule has 1 aromatic rings. The van der Waals surface area contributed by atoms with E-state index >= 15 is 0 Å². The molecule has 1 N–H and O–H groups in total. The third-order valence-electron chi connectivity index (χ3n) is 4.00. The molecule has 0 unspecified atom stereocenters. The van der Waals surface area contributed by atoms with Gasteiger partial charge in [-0.2, -0.15) is 11.8 Å². The Bertz CT molecular complexity index is 455. The molecule has 0 aliphatic carbocycles. The topological polar surface area (TPSA) is 50.2 Å². The molecule has 1 aliphatic heterocycles. The van der Waals surface area contributed by atoms with E-state index in [2.05, 4.69) is 26.7 Å². The molecule has 1 aromatic heterocycles. The summed E-state index contributed by atoms with van der Waals surface area (Å²) in [5, 5.41) is 2.97. The lowest BCUT2D eigenvalue weighted by atomic mass is 10.4. The molecule has 0 saturated carbocycles. The van der Waals surface area contributed by atoms with Crippen molar-refractivity contribution in [1.29, 1.82) is 0 Å². The molecule has 5 nitrogen and oxygen atoms in total. The Morgan fingerprint density at radius 3 is 2.76 bits per heavy atom. The molecule has 0 spiro atoms. The Morgan fingerprint density at radius 1 is 1.33 bits per heavy atom. The quantitative estimate of drug-likeness (QED) is 0.738. The van der Waals surface area contributed by atoms with Crippen molar-refractivity contribution in [3.8, 4) is 0 Å². The molecule has 0 bridgehead atoms.